The minimum atomic E-state index is -0.228. The number of anilines is 1. The normalized spacial score (nSPS) is 12.1. The fourth-order valence-corrected chi connectivity index (χ4v) is 5.24. The van der Waals surface area contributed by atoms with Crippen LogP contribution in [-0.2, 0) is 11.2 Å². The largest absolute Gasteiger partial charge is 0.325 e. The van der Waals surface area contributed by atoms with Crippen LogP contribution in [0.15, 0.2) is 72.0 Å². The number of carbonyl (C=O) groups excluding carboxylic acids is 1. The summed E-state index contributed by atoms with van der Waals surface area (Å²) in [6.45, 7) is 4.15. The second-order valence-electron chi connectivity index (χ2n) is 6.93. The molecule has 0 aliphatic heterocycles. The van der Waals surface area contributed by atoms with Crippen molar-refractivity contribution in [3.63, 3.8) is 0 Å². The molecule has 4 aromatic rings. The van der Waals surface area contributed by atoms with Crippen LogP contribution in [-0.4, -0.2) is 21.1 Å². The van der Waals surface area contributed by atoms with Crippen molar-refractivity contribution < 1.29 is 4.79 Å². The van der Waals surface area contributed by atoms with Crippen LogP contribution in [0.2, 0.25) is 0 Å². The van der Waals surface area contributed by atoms with Crippen LogP contribution in [0.25, 0.3) is 20.7 Å². The Balaban J connectivity index is 1.55. The predicted octanol–water partition coefficient (Wildman–Crippen LogP) is 6.43. The Labute approximate surface area is 184 Å². The zero-order valence-electron chi connectivity index (χ0n) is 17.0. The van der Waals surface area contributed by atoms with Gasteiger partial charge in [0.2, 0.25) is 5.91 Å². The first-order chi connectivity index (χ1) is 14.7. The molecule has 0 bridgehead atoms. The molecular formula is C24H23N3OS2. The van der Waals surface area contributed by atoms with Crippen LogP contribution in [0.1, 0.15) is 25.8 Å². The van der Waals surface area contributed by atoms with Gasteiger partial charge in [-0.2, -0.15) is 0 Å². The van der Waals surface area contributed by atoms with Gasteiger partial charge in [0.15, 0.2) is 0 Å². The van der Waals surface area contributed by atoms with E-state index in [0.29, 0.717) is 6.42 Å². The number of aromatic nitrogens is 2. The highest BCUT2D eigenvalue weighted by Gasteiger charge is 2.21. The number of hydrogen-bond acceptors (Lipinski definition) is 5. The van der Waals surface area contributed by atoms with E-state index >= 15 is 0 Å². The number of aryl methyl sites for hydroxylation is 1. The number of thioether (sulfide) groups is 1. The minimum absolute atomic E-state index is 0.00276. The number of fused-ring (bicyclic) bond motifs is 1. The lowest BCUT2D eigenvalue weighted by molar-refractivity contribution is -0.115. The van der Waals surface area contributed by atoms with E-state index in [1.165, 1.54) is 17.3 Å². The van der Waals surface area contributed by atoms with Crippen LogP contribution in [0, 0.1) is 0 Å². The summed E-state index contributed by atoms with van der Waals surface area (Å²) in [5, 5.41) is 4.67. The lowest BCUT2D eigenvalue weighted by Gasteiger charge is -2.15. The highest BCUT2D eigenvalue weighted by molar-refractivity contribution is 8.00. The predicted molar refractivity (Wildman–Crippen MR) is 127 cm³/mol. The van der Waals surface area contributed by atoms with E-state index in [2.05, 4.69) is 40.4 Å². The molecular weight excluding hydrogens is 410 g/mol. The molecule has 0 saturated carbocycles. The first-order valence-electron chi connectivity index (χ1n) is 10.0. The molecule has 1 amide bonds. The maximum Gasteiger partial charge on any atom is 0.237 e. The number of thiophene rings is 1. The van der Waals surface area contributed by atoms with Crippen LogP contribution < -0.4 is 5.32 Å². The second kappa shape index (κ2) is 9.41. The van der Waals surface area contributed by atoms with Crippen molar-refractivity contribution in [2.24, 2.45) is 0 Å². The van der Waals surface area contributed by atoms with Crippen molar-refractivity contribution in [1.29, 1.82) is 0 Å². The van der Waals surface area contributed by atoms with E-state index in [9.17, 15) is 4.79 Å². The van der Waals surface area contributed by atoms with Gasteiger partial charge in [0.1, 0.15) is 16.2 Å². The van der Waals surface area contributed by atoms with Gasteiger partial charge in [0, 0.05) is 16.0 Å². The van der Waals surface area contributed by atoms with Crippen molar-refractivity contribution in [2.45, 2.75) is 37.0 Å². The molecule has 6 heteroatoms. The highest BCUT2D eigenvalue weighted by Crippen LogP contribution is 2.37. The quantitative estimate of drug-likeness (QED) is 0.269. The molecule has 152 valence electrons. The van der Waals surface area contributed by atoms with Gasteiger partial charge in [-0.3, -0.25) is 4.79 Å². The zero-order valence-corrected chi connectivity index (χ0v) is 18.6. The fourth-order valence-electron chi connectivity index (χ4n) is 3.18. The van der Waals surface area contributed by atoms with Gasteiger partial charge in [0.25, 0.3) is 0 Å². The molecule has 1 unspecified atom stereocenters. The molecule has 0 aliphatic carbocycles. The maximum absolute atomic E-state index is 12.9. The third kappa shape index (κ3) is 4.55. The summed E-state index contributed by atoms with van der Waals surface area (Å²) in [6.07, 6.45) is 3.28. The van der Waals surface area contributed by atoms with Crippen LogP contribution in [0.4, 0.5) is 5.69 Å². The number of nitrogens with one attached hydrogen (secondary N) is 1. The van der Waals surface area contributed by atoms with Crippen molar-refractivity contribution in [1.82, 2.24) is 9.97 Å². The number of hydrogen-bond donors (Lipinski definition) is 1. The average molecular weight is 434 g/mol. The van der Waals surface area contributed by atoms with E-state index in [4.69, 9.17) is 0 Å². The molecule has 2 aromatic heterocycles. The molecule has 2 aromatic carbocycles. The maximum atomic E-state index is 12.9. The summed E-state index contributed by atoms with van der Waals surface area (Å²) in [6, 6.07) is 20.4. The van der Waals surface area contributed by atoms with Gasteiger partial charge in [-0.05, 0) is 42.2 Å². The second-order valence-corrected chi connectivity index (χ2v) is 9.15. The van der Waals surface area contributed by atoms with E-state index < -0.39 is 0 Å². The molecule has 2 heterocycles. The molecule has 4 nitrogen and oxygen atoms in total. The van der Waals surface area contributed by atoms with E-state index in [-0.39, 0.29) is 11.2 Å². The molecule has 30 heavy (non-hydrogen) atoms. The summed E-state index contributed by atoms with van der Waals surface area (Å²) in [5.41, 5.74) is 3.24. The summed E-state index contributed by atoms with van der Waals surface area (Å²) < 4.78 is 0. The molecule has 1 atom stereocenters. The SMILES string of the molecule is CCc1ccc(NC(=O)C(CC)Sc2ncnc3sc(-c4ccccc4)cc23)cc1. The van der Waals surface area contributed by atoms with E-state index in [0.717, 1.165) is 37.8 Å². The lowest BCUT2D eigenvalue weighted by atomic mass is 10.1. The van der Waals surface area contributed by atoms with Crippen molar-refractivity contribution in [3.8, 4) is 10.4 Å². The standard InChI is InChI=1S/C24H23N3OS2/c1-3-16-10-12-18(13-11-16)27-22(28)20(4-2)29-23-19-14-21(17-8-6-5-7-9-17)30-24(19)26-15-25-23/h5-15,20H,3-4H2,1-2H3,(H,27,28). The third-order valence-corrected chi connectivity index (χ3v) is 7.37. The summed E-state index contributed by atoms with van der Waals surface area (Å²) in [7, 11) is 0. The van der Waals surface area contributed by atoms with Gasteiger partial charge < -0.3 is 5.32 Å². The molecule has 0 saturated heterocycles. The minimum Gasteiger partial charge on any atom is -0.325 e. The van der Waals surface area contributed by atoms with Gasteiger partial charge in [0.05, 0.1) is 5.25 Å². The average Bonchev–Trinajstić information content (AvgIpc) is 3.24. The molecule has 0 fully saturated rings. The van der Waals surface area contributed by atoms with Gasteiger partial charge >= 0.3 is 0 Å². The number of rotatable bonds is 7. The zero-order chi connectivity index (χ0) is 20.9. The Bertz CT molecular complexity index is 1140. The summed E-state index contributed by atoms with van der Waals surface area (Å²) in [5.74, 6) is -0.00276. The Kier molecular flexibility index (Phi) is 6.45. The summed E-state index contributed by atoms with van der Waals surface area (Å²) in [4.78, 5) is 23.9. The van der Waals surface area contributed by atoms with Crippen molar-refractivity contribution >= 4 is 44.9 Å². The Morgan fingerprint density at radius 1 is 1.07 bits per heavy atom. The smallest absolute Gasteiger partial charge is 0.237 e. The first kappa shape index (κ1) is 20.6. The van der Waals surface area contributed by atoms with Crippen LogP contribution >= 0.6 is 23.1 Å². The number of carbonyl (C=O) groups is 1. The van der Waals surface area contributed by atoms with Crippen LogP contribution in [0.5, 0.6) is 0 Å². The number of nitrogens with zero attached hydrogens (tertiary/aromatic N) is 2. The summed E-state index contributed by atoms with van der Waals surface area (Å²) >= 11 is 3.15. The molecule has 1 N–H and O–H groups in total. The Hall–Kier alpha value is -2.70. The fraction of sp³-hybridized carbons (Fsp3) is 0.208. The number of amides is 1. The topological polar surface area (TPSA) is 54.9 Å². The highest BCUT2D eigenvalue weighted by atomic mass is 32.2. The first-order valence-corrected chi connectivity index (χ1v) is 11.7. The van der Waals surface area contributed by atoms with Gasteiger partial charge in [-0.25, -0.2) is 9.97 Å². The van der Waals surface area contributed by atoms with Crippen LogP contribution in [0.3, 0.4) is 0 Å². The van der Waals surface area contributed by atoms with E-state index in [1.807, 2.05) is 49.4 Å². The number of benzene rings is 2. The van der Waals surface area contributed by atoms with E-state index in [1.54, 1.807) is 17.7 Å². The van der Waals surface area contributed by atoms with Gasteiger partial charge in [-0.15, -0.1) is 11.3 Å². The Morgan fingerprint density at radius 2 is 1.83 bits per heavy atom. The molecule has 4 rings (SSSR count). The Morgan fingerprint density at radius 3 is 2.53 bits per heavy atom. The van der Waals surface area contributed by atoms with Gasteiger partial charge in [-0.1, -0.05) is 68.1 Å². The monoisotopic (exact) mass is 433 g/mol. The molecule has 0 spiro atoms. The molecule has 0 radical (unpaired) electrons. The van der Waals surface area contributed by atoms with Crippen molar-refractivity contribution in [3.05, 3.63) is 72.6 Å². The third-order valence-electron chi connectivity index (χ3n) is 4.90. The van der Waals surface area contributed by atoms with Crippen molar-refractivity contribution in [2.75, 3.05) is 5.32 Å². The lowest BCUT2D eigenvalue weighted by Crippen LogP contribution is -2.24. The molecule has 0 aliphatic rings.